The number of phenolic OH excluding ortho intramolecular Hbond substituents is 1. The zero-order valence-electron chi connectivity index (χ0n) is 9.38. The summed E-state index contributed by atoms with van der Waals surface area (Å²) < 4.78 is 36.6. The molecule has 0 aliphatic carbocycles. The Bertz CT molecular complexity index is 427. The van der Waals surface area contributed by atoms with Crippen LogP contribution in [0.1, 0.15) is 15.9 Å². The lowest BCUT2D eigenvalue weighted by molar-refractivity contribution is -0.0885. The second-order valence-electron chi connectivity index (χ2n) is 3.91. The largest absolute Gasteiger partial charge is 0.508 e. The second kappa shape index (κ2) is 4.75. The number of carbonyl (C=O) groups excluding carboxylic acids is 1. The summed E-state index contributed by atoms with van der Waals surface area (Å²) in [5.74, 6) is -2.03. The van der Waals surface area contributed by atoms with Crippen LogP contribution in [0.5, 0.6) is 5.75 Å². The van der Waals surface area contributed by atoms with E-state index < -0.39 is 17.5 Å². The molecule has 17 heavy (non-hydrogen) atoms. The van der Waals surface area contributed by atoms with Crippen molar-refractivity contribution in [2.75, 3.05) is 14.1 Å². The van der Waals surface area contributed by atoms with Crippen LogP contribution >= 0.6 is 0 Å². The maximum absolute atomic E-state index is 12.2. The highest BCUT2D eigenvalue weighted by atomic mass is 19.4. The fourth-order valence-electron chi connectivity index (χ4n) is 1.36. The monoisotopic (exact) mass is 247 g/mol. The van der Waals surface area contributed by atoms with Crippen LogP contribution in [0.4, 0.5) is 13.2 Å². The van der Waals surface area contributed by atoms with Gasteiger partial charge in [0.25, 0.3) is 5.78 Å². The van der Waals surface area contributed by atoms with Crippen molar-refractivity contribution in [1.82, 2.24) is 4.90 Å². The zero-order valence-corrected chi connectivity index (χ0v) is 9.38. The maximum Gasteiger partial charge on any atom is 0.454 e. The number of carbonyl (C=O) groups is 1. The van der Waals surface area contributed by atoms with E-state index in [-0.39, 0.29) is 17.9 Å². The minimum Gasteiger partial charge on any atom is -0.508 e. The zero-order chi connectivity index (χ0) is 13.2. The minimum absolute atomic E-state index is 0.127. The van der Waals surface area contributed by atoms with E-state index >= 15 is 0 Å². The van der Waals surface area contributed by atoms with Gasteiger partial charge in [0, 0.05) is 17.7 Å². The summed E-state index contributed by atoms with van der Waals surface area (Å²) in [6.45, 7) is 0.255. The highest BCUT2D eigenvalue weighted by Crippen LogP contribution is 2.25. The topological polar surface area (TPSA) is 40.5 Å². The molecule has 0 saturated carbocycles. The Morgan fingerprint density at radius 2 is 1.94 bits per heavy atom. The van der Waals surface area contributed by atoms with Crippen molar-refractivity contribution in [1.29, 1.82) is 0 Å². The average molecular weight is 247 g/mol. The molecule has 94 valence electrons. The quantitative estimate of drug-likeness (QED) is 0.832. The molecule has 1 aromatic carbocycles. The smallest absolute Gasteiger partial charge is 0.454 e. The Hall–Kier alpha value is -1.56. The first-order valence-electron chi connectivity index (χ1n) is 4.80. The third-order valence-electron chi connectivity index (χ3n) is 2.09. The van der Waals surface area contributed by atoms with Crippen LogP contribution in [-0.2, 0) is 6.54 Å². The summed E-state index contributed by atoms with van der Waals surface area (Å²) in [7, 11) is 3.41. The van der Waals surface area contributed by atoms with Gasteiger partial charge in [0.2, 0.25) is 0 Å². The summed E-state index contributed by atoms with van der Waals surface area (Å²) in [5.41, 5.74) is -0.183. The molecular weight excluding hydrogens is 235 g/mol. The highest BCUT2D eigenvalue weighted by molar-refractivity contribution is 6.00. The number of aromatic hydroxyl groups is 1. The molecule has 3 nitrogen and oxygen atoms in total. The van der Waals surface area contributed by atoms with E-state index in [0.717, 1.165) is 18.2 Å². The molecule has 0 radical (unpaired) electrons. The van der Waals surface area contributed by atoms with Gasteiger partial charge in [-0.15, -0.1) is 0 Å². The molecule has 0 unspecified atom stereocenters. The Balaban J connectivity index is 3.08. The van der Waals surface area contributed by atoms with Gasteiger partial charge >= 0.3 is 6.18 Å². The maximum atomic E-state index is 12.2. The van der Waals surface area contributed by atoms with E-state index in [9.17, 15) is 23.1 Å². The molecule has 0 heterocycles. The number of phenols is 1. The molecule has 0 atom stereocenters. The lowest BCUT2D eigenvalue weighted by Crippen LogP contribution is -2.23. The molecule has 6 heteroatoms. The highest BCUT2D eigenvalue weighted by Gasteiger charge is 2.39. The molecule has 0 bridgehead atoms. The molecule has 0 saturated heterocycles. The van der Waals surface area contributed by atoms with Gasteiger partial charge < -0.3 is 10.0 Å². The van der Waals surface area contributed by atoms with E-state index in [4.69, 9.17) is 0 Å². The van der Waals surface area contributed by atoms with Gasteiger partial charge in [0.1, 0.15) is 5.75 Å². The molecule has 1 aromatic rings. The van der Waals surface area contributed by atoms with Crippen LogP contribution in [0.15, 0.2) is 18.2 Å². The number of hydrogen-bond acceptors (Lipinski definition) is 3. The summed E-state index contributed by atoms with van der Waals surface area (Å²) in [5, 5.41) is 9.45. The van der Waals surface area contributed by atoms with Gasteiger partial charge in [-0.05, 0) is 32.3 Å². The third-order valence-corrected chi connectivity index (χ3v) is 2.09. The van der Waals surface area contributed by atoms with E-state index in [1.807, 2.05) is 0 Å². The molecule has 0 spiro atoms. The standard InChI is InChI=1S/C11H12F3NO2/c1-15(2)6-8-5-7(3-4-9(8)16)10(17)11(12,13)14/h3-5,16H,6H2,1-2H3. The lowest BCUT2D eigenvalue weighted by Gasteiger charge is -2.13. The number of ketones is 1. The van der Waals surface area contributed by atoms with Crippen LogP contribution in [0, 0.1) is 0 Å². The SMILES string of the molecule is CN(C)Cc1cc(C(=O)C(F)(F)F)ccc1O. The van der Waals surface area contributed by atoms with Crippen molar-refractivity contribution >= 4 is 5.78 Å². The fraction of sp³-hybridized carbons (Fsp3) is 0.364. The average Bonchev–Trinajstić information content (AvgIpc) is 2.18. The van der Waals surface area contributed by atoms with Crippen LogP contribution in [0.3, 0.4) is 0 Å². The Kier molecular flexibility index (Phi) is 3.77. The van der Waals surface area contributed by atoms with Gasteiger partial charge in [0.15, 0.2) is 0 Å². The van der Waals surface area contributed by atoms with Gasteiger partial charge in [-0.2, -0.15) is 13.2 Å². The van der Waals surface area contributed by atoms with Crippen molar-refractivity contribution in [3.63, 3.8) is 0 Å². The number of rotatable bonds is 3. The summed E-state index contributed by atoms with van der Waals surface area (Å²) in [4.78, 5) is 12.7. The van der Waals surface area contributed by atoms with E-state index in [1.165, 1.54) is 0 Å². The van der Waals surface area contributed by atoms with Crippen LogP contribution in [-0.4, -0.2) is 36.1 Å². The predicted octanol–water partition coefficient (Wildman–Crippen LogP) is 2.20. The van der Waals surface area contributed by atoms with Crippen LogP contribution < -0.4 is 0 Å². The number of alkyl halides is 3. The van der Waals surface area contributed by atoms with Crippen molar-refractivity contribution in [2.45, 2.75) is 12.7 Å². The molecule has 0 aliphatic rings. The van der Waals surface area contributed by atoms with Gasteiger partial charge in [-0.3, -0.25) is 4.79 Å². The molecular formula is C11H12F3NO2. The van der Waals surface area contributed by atoms with E-state index in [2.05, 4.69) is 0 Å². The number of nitrogens with zero attached hydrogens (tertiary/aromatic N) is 1. The molecule has 1 rings (SSSR count). The van der Waals surface area contributed by atoms with E-state index in [0.29, 0.717) is 0 Å². The summed E-state index contributed by atoms with van der Waals surface area (Å²) in [6, 6.07) is 3.12. The van der Waals surface area contributed by atoms with Gasteiger partial charge in [-0.25, -0.2) is 0 Å². The first kappa shape index (κ1) is 13.5. The van der Waals surface area contributed by atoms with Crippen LogP contribution in [0.2, 0.25) is 0 Å². The summed E-state index contributed by atoms with van der Waals surface area (Å²) >= 11 is 0. The van der Waals surface area contributed by atoms with Crippen molar-refractivity contribution < 1.29 is 23.1 Å². The minimum atomic E-state index is -4.90. The number of benzene rings is 1. The molecule has 0 amide bonds. The molecule has 0 fully saturated rings. The molecule has 0 aliphatic heterocycles. The van der Waals surface area contributed by atoms with Gasteiger partial charge in [-0.1, -0.05) is 0 Å². The first-order valence-corrected chi connectivity index (χ1v) is 4.80. The second-order valence-corrected chi connectivity index (χ2v) is 3.91. The molecule has 1 N–H and O–H groups in total. The lowest BCUT2D eigenvalue weighted by atomic mass is 10.1. The van der Waals surface area contributed by atoms with Crippen molar-refractivity contribution in [2.24, 2.45) is 0 Å². The first-order chi connectivity index (χ1) is 7.71. The normalized spacial score (nSPS) is 11.9. The van der Waals surface area contributed by atoms with E-state index in [1.54, 1.807) is 19.0 Å². The third kappa shape index (κ3) is 3.45. The number of hydrogen-bond donors (Lipinski definition) is 1. The Labute approximate surface area is 96.5 Å². The van der Waals surface area contributed by atoms with Crippen molar-refractivity contribution in [3.8, 4) is 5.75 Å². The predicted molar refractivity (Wildman–Crippen MR) is 55.9 cm³/mol. The number of halogens is 3. The summed E-state index contributed by atoms with van der Waals surface area (Å²) in [6.07, 6.45) is -4.90. The Morgan fingerprint density at radius 1 is 1.35 bits per heavy atom. The molecule has 0 aromatic heterocycles. The fourth-order valence-corrected chi connectivity index (χ4v) is 1.36. The number of Topliss-reactive ketones (excluding diaryl/α,β-unsaturated/α-hetero) is 1. The van der Waals surface area contributed by atoms with Crippen LogP contribution in [0.25, 0.3) is 0 Å². The Morgan fingerprint density at radius 3 is 2.41 bits per heavy atom. The van der Waals surface area contributed by atoms with Gasteiger partial charge in [0.05, 0.1) is 0 Å². The van der Waals surface area contributed by atoms with Crippen molar-refractivity contribution in [3.05, 3.63) is 29.3 Å².